The van der Waals surface area contributed by atoms with Crippen molar-refractivity contribution in [3.05, 3.63) is 5.21 Å². The molecule has 1 atom stereocenters. The molecule has 0 aliphatic heterocycles. The van der Waals surface area contributed by atoms with Crippen LogP contribution in [0.1, 0.15) is 0 Å². The molecule has 0 saturated carbocycles. The molecular formula is C3H7N3O4. The van der Waals surface area contributed by atoms with Gasteiger partial charge in [-0.1, -0.05) is 4.86 Å². The highest BCUT2D eigenvalue weighted by Crippen LogP contribution is 1.80. The van der Waals surface area contributed by atoms with Gasteiger partial charge in [-0.2, -0.15) is 0 Å². The summed E-state index contributed by atoms with van der Waals surface area (Å²) in [5, 5.41) is 28.1. The fourth-order valence-electron chi connectivity index (χ4n) is 0.283. The zero-order valence-corrected chi connectivity index (χ0v) is 4.97. The molecule has 1 unspecified atom stereocenters. The fraction of sp³-hybridized carbons (Fsp3) is 0.667. The maximum absolute atomic E-state index is 10.1. The molecule has 0 radical (unpaired) electrons. The molecule has 0 aromatic rings. The molecule has 7 nitrogen and oxygen atoms in total. The van der Waals surface area contributed by atoms with Gasteiger partial charge in [-0.3, -0.25) is 4.79 Å². The van der Waals surface area contributed by atoms with Crippen LogP contribution in [0.3, 0.4) is 0 Å². The molecule has 0 spiro atoms. The van der Waals surface area contributed by atoms with Gasteiger partial charge in [0, 0.05) is 0 Å². The topological polar surface area (TPSA) is 122 Å². The van der Waals surface area contributed by atoms with Crippen molar-refractivity contribution in [3.63, 3.8) is 0 Å². The fourth-order valence-corrected chi connectivity index (χ4v) is 0.283. The van der Waals surface area contributed by atoms with Crippen LogP contribution in [0.2, 0.25) is 0 Å². The molecule has 0 aliphatic carbocycles. The van der Waals surface area contributed by atoms with E-state index < -0.39 is 18.6 Å². The predicted octanol–water partition coefficient (Wildman–Crippen LogP) is -1.25. The third-order valence-electron chi connectivity index (χ3n) is 0.770. The number of carbonyl (C=O) groups is 1. The predicted molar refractivity (Wildman–Crippen MR) is 28.3 cm³/mol. The van der Waals surface area contributed by atoms with Crippen molar-refractivity contribution in [1.29, 1.82) is 0 Å². The van der Waals surface area contributed by atoms with Crippen molar-refractivity contribution in [3.8, 4) is 0 Å². The van der Waals surface area contributed by atoms with Crippen LogP contribution in [-0.4, -0.2) is 33.7 Å². The first-order valence-corrected chi connectivity index (χ1v) is 2.36. The first-order valence-electron chi connectivity index (χ1n) is 2.36. The van der Waals surface area contributed by atoms with Crippen molar-refractivity contribution in [2.24, 2.45) is 11.0 Å². The second kappa shape index (κ2) is 3.62. The van der Waals surface area contributed by atoms with Crippen LogP contribution in [0.4, 0.5) is 0 Å². The second-order valence-corrected chi connectivity index (χ2v) is 1.57. The second-order valence-electron chi connectivity index (χ2n) is 1.57. The van der Waals surface area contributed by atoms with E-state index in [0.717, 1.165) is 0 Å². The maximum atomic E-state index is 10.1. The summed E-state index contributed by atoms with van der Waals surface area (Å²) >= 11 is 0. The van der Waals surface area contributed by atoms with Gasteiger partial charge in [0.15, 0.2) is 11.3 Å². The zero-order chi connectivity index (χ0) is 8.15. The molecule has 0 saturated heterocycles. The number of hydrogen-bond donors (Lipinski definition) is 3. The van der Waals surface area contributed by atoms with E-state index in [9.17, 15) is 10.0 Å². The number of nitrogens with two attached hydrogens (primary N) is 1. The third-order valence-corrected chi connectivity index (χ3v) is 0.770. The summed E-state index contributed by atoms with van der Waals surface area (Å²) in [5.41, 5.74) is 4.88. The summed E-state index contributed by atoms with van der Waals surface area (Å²) < 4.78 is 0. The smallest absolute Gasteiger partial charge is 0.327 e. The number of hydroxylamine groups is 1. The number of carboxylic acids is 1. The molecule has 10 heavy (non-hydrogen) atoms. The first-order chi connectivity index (χ1) is 4.57. The Balaban J connectivity index is 3.80. The lowest BCUT2D eigenvalue weighted by Gasteiger charge is -2.01. The van der Waals surface area contributed by atoms with Gasteiger partial charge in [0.05, 0.1) is 0 Å². The van der Waals surface area contributed by atoms with E-state index in [1.807, 2.05) is 0 Å². The molecule has 0 aromatic heterocycles. The van der Waals surface area contributed by atoms with E-state index in [4.69, 9.17) is 16.0 Å². The van der Waals surface area contributed by atoms with Crippen molar-refractivity contribution in [2.75, 3.05) is 6.54 Å². The summed E-state index contributed by atoms with van der Waals surface area (Å²) in [4.78, 5) is 9.73. The number of aliphatic carboxylic acids is 1. The summed E-state index contributed by atoms with van der Waals surface area (Å²) in [6, 6.07) is -1.33. The largest absolute Gasteiger partial charge is 0.597 e. The lowest BCUT2D eigenvalue weighted by atomic mass is 10.3. The van der Waals surface area contributed by atoms with E-state index in [1.165, 1.54) is 0 Å². The van der Waals surface area contributed by atoms with E-state index in [-0.39, 0.29) is 4.86 Å². The van der Waals surface area contributed by atoms with Crippen LogP contribution in [0.15, 0.2) is 5.28 Å². The molecular weight excluding hydrogens is 142 g/mol. The summed E-state index contributed by atoms with van der Waals surface area (Å²) in [6.45, 7) is -0.564. The van der Waals surface area contributed by atoms with Crippen LogP contribution in [0.25, 0.3) is 0 Å². The average Bonchev–Trinajstić information content (AvgIpc) is 1.87. The molecule has 0 rings (SSSR count). The van der Waals surface area contributed by atoms with Crippen LogP contribution < -0.4 is 5.73 Å². The van der Waals surface area contributed by atoms with E-state index in [0.29, 0.717) is 0 Å². The average molecular weight is 149 g/mol. The van der Waals surface area contributed by atoms with Gasteiger partial charge in [-0.05, 0) is 0 Å². The molecule has 0 aliphatic rings. The van der Waals surface area contributed by atoms with Crippen LogP contribution in [0.5, 0.6) is 0 Å². The molecule has 7 heteroatoms. The molecule has 0 amide bonds. The van der Waals surface area contributed by atoms with E-state index in [2.05, 4.69) is 5.28 Å². The minimum atomic E-state index is -1.33. The lowest BCUT2D eigenvalue weighted by molar-refractivity contribution is -0.556. The van der Waals surface area contributed by atoms with Gasteiger partial charge in [0.2, 0.25) is 6.54 Å². The molecule has 4 N–H and O–H groups in total. The van der Waals surface area contributed by atoms with Crippen molar-refractivity contribution >= 4 is 5.97 Å². The zero-order valence-electron chi connectivity index (χ0n) is 4.97. The van der Waals surface area contributed by atoms with Gasteiger partial charge in [0.1, 0.15) is 0 Å². The Morgan fingerprint density at radius 3 is 2.70 bits per heavy atom. The number of nitrogens with zero attached hydrogens (tertiary/aromatic N) is 2. The van der Waals surface area contributed by atoms with E-state index in [1.54, 1.807) is 0 Å². The van der Waals surface area contributed by atoms with Crippen LogP contribution >= 0.6 is 0 Å². The Labute approximate surface area is 55.9 Å². The Morgan fingerprint density at radius 2 is 2.40 bits per heavy atom. The Bertz CT molecular complexity index is 156. The van der Waals surface area contributed by atoms with Crippen LogP contribution in [-0.2, 0) is 4.79 Å². The van der Waals surface area contributed by atoms with Gasteiger partial charge in [-0.25, -0.2) is 0 Å². The molecule has 58 valence electrons. The highest BCUT2D eigenvalue weighted by molar-refractivity contribution is 5.73. The highest BCUT2D eigenvalue weighted by Gasteiger charge is 2.16. The maximum Gasteiger partial charge on any atom is 0.327 e. The van der Waals surface area contributed by atoms with Gasteiger partial charge in [0.25, 0.3) is 0 Å². The van der Waals surface area contributed by atoms with Crippen molar-refractivity contribution in [1.82, 2.24) is 0 Å². The summed E-state index contributed by atoms with van der Waals surface area (Å²) in [6.07, 6.45) is 0. The molecule has 0 heterocycles. The number of rotatable bonds is 3. The normalized spacial score (nSPS) is 14.7. The SMILES string of the molecule is NC(C[N+]([O-])=NO)C(=O)O. The van der Waals surface area contributed by atoms with Crippen LogP contribution in [0, 0.1) is 5.21 Å². The number of hydrogen-bond acceptors (Lipinski definition) is 4. The Morgan fingerprint density at radius 1 is 1.90 bits per heavy atom. The molecule has 0 aromatic carbocycles. The summed E-state index contributed by atoms with van der Waals surface area (Å²) in [7, 11) is 0. The minimum Gasteiger partial charge on any atom is -0.597 e. The van der Waals surface area contributed by atoms with Crippen molar-refractivity contribution < 1.29 is 20.0 Å². The third kappa shape index (κ3) is 2.82. The van der Waals surface area contributed by atoms with Gasteiger partial charge < -0.3 is 21.3 Å². The standard InChI is InChI=1S/C3H7N3O4/c4-2(3(7)8)1-6(10)5-9/h2,9H,1,4H2,(H,7,8). The quantitative estimate of drug-likeness (QED) is 0.263. The van der Waals surface area contributed by atoms with Crippen molar-refractivity contribution in [2.45, 2.75) is 6.04 Å². The monoisotopic (exact) mass is 149 g/mol. The molecule has 0 fully saturated rings. The number of carboxylic acid groups (broad SMARTS) is 1. The highest BCUT2D eigenvalue weighted by atomic mass is 16.6. The Hall–Kier alpha value is -1.37. The van der Waals surface area contributed by atoms with Gasteiger partial charge >= 0.3 is 5.97 Å². The Kier molecular flexibility index (Phi) is 3.12. The first kappa shape index (κ1) is 8.63. The molecule has 0 bridgehead atoms. The lowest BCUT2D eigenvalue weighted by Crippen LogP contribution is -2.37. The van der Waals surface area contributed by atoms with Gasteiger partial charge in [-0.15, -0.1) is 0 Å². The minimum absolute atomic E-state index is 0.210. The summed E-state index contributed by atoms with van der Waals surface area (Å²) in [5.74, 6) is -1.32. The van der Waals surface area contributed by atoms with E-state index >= 15 is 0 Å².